The van der Waals surface area contributed by atoms with Gasteiger partial charge < -0.3 is 179 Å². The molecule has 454 valence electrons. The minimum atomic E-state index is -3.07. The maximum atomic E-state index is 12.1. The molecule has 35 atom stereocenters. The molecule has 0 saturated carbocycles. The molecule has 23 rings (SSSR count). The molecule has 23 fully saturated rings. The summed E-state index contributed by atoms with van der Waals surface area (Å²) < 4.78 is 80.0. The van der Waals surface area contributed by atoms with E-state index < -0.39 is 261 Å². The minimum absolute atomic E-state index is 1.04. The molecule has 23 heterocycles. The summed E-state index contributed by atoms with van der Waals surface area (Å²) in [5.74, 6) is -3.07. The summed E-state index contributed by atoms with van der Waals surface area (Å²) in [6, 6.07) is 0. The van der Waals surface area contributed by atoms with Gasteiger partial charge >= 0.3 is 0 Å². The largest absolute Gasteiger partial charge is 0.394 e. The summed E-state index contributed by atoms with van der Waals surface area (Å²) in [6.07, 6.45) is -72.5. The van der Waals surface area contributed by atoms with E-state index in [0.717, 1.165) is 0 Å². The molecule has 0 spiro atoms. The Hall–Kier alpha value is -1.44. The molecule has 0 aromatic carbocycles. The van der Waals surface area contributed by atoms with Crippen molar-refractivity contribution < 1.29 is 179 Å². The fourth-order valence-electron chi connectivity index (χ4n) is 10.5. The van der Waals surface area contributed by atoms with Crippen molar-refractivity contribution >= 4 is 0 Å². The monoisotopic (exact) mass is 1150 g/mol. The van der Waals surface area contributed by atoms with E-state index in [-0.39, 0.29) is 0 Å². The van der Waals surface area contributed by atoms with Crippen LogP contribution in [-0.2, 0) is 66.3 Å². The van der Waals surface area contributed by atoms with Gasteiger partial charge in [-0.05, 0) is 0 Å². The summed E-state index contributed by atoms with van der Waals surface area (Å²) in [7, 11) is 0. The second-order valence-electron chi connectivity index (χ2n) is 19.8. The van der Waals surface area contributed by atoms with Crippen molar-refractivity contribution in [2.45, 2.75) is 215 Å². The van der Waals surface area contributed by atoms with Crippen LogP contribution in [0.15, 0.2) is 0 Å². The topological polar surface area (TPSA) is 574 Å². The Balaban J connectivity index is 1.15. The lowest BCUT2D eigenvalue weighted by Crippen LogP contribution is -2.72. The number of hydrogen-bond acceptors (Lipinski definition) is 36. The molecule has 23 saturated heterocycles. The predicted octanol–water partition coefficient (Wildman–Crippen LogP) is -15.9. The van der Waals surface area contributed by atoms with Gasteiger partial charge in [0.15, 0.2) is 44.0 Å². The average molecular weight is 1150 g/mol. The van der Waals surface area contributed by atoms with Crippen LogP contribution in [-0.4, -0.2) is 373 Å². The number of aliphatic hydroxyl groups excluding tert-OH is 22. The van der Waals surface area contributed by atoms with Gasteiger partial charge in [0.05, 0.1) is 39.6 Å². The van der Waals surface area contributed by atoms with Gasteiger partial charge in [0.2, 0.25) is 5.79 Å². The molecule has 12 bridgehead atoms. The SMILES string of the molecule is OC[C@H]1O[C@@H]2O[C@H]3C(O)C(O)[C@H](O[C@@H]3CO)O[C@H]3C(O)C(O)[C@H](O[C@@H]3CO)O[C@H]3C(O)C(O)[C@H](O[C@@H]3CO)O[C@H]3C(O)C(O)[C@H](O[C@@H]3CO)O[C@H]3C(O)C(O)C(OC1C(O[C@]1(CO)OC(O)[C@H](O)[C@@H](O)[C@@H]1O)C2O)O[C@@H]3CO. The molecule has 0 aromatic rings. The van der Waals surface area contributed by atoms with E-state index in [4.69, 9.17) is 66.3 Å². The van der Waals surface area contributed by atoms with Gasteiger partial charge in [0.25, 0.3) is 0 Å². The summed E-state index contributed by atoms with van der Waals surface area (Å²) in [5.41, 5.74) is 0. The van der Waals surface area contributed by atoms with E-state index in [1.807, 2.05) is 0 Å². The highest BCUT2D eigenvalue weighted by Crippen LogP contribution is 2.41. The van der Waals surface area contributed by atoms with Crippen LogP contribution in [0, 0.1) is 0 Å². The van der Waals surface area contributed by atoms with Gasteiger partial charge in [-0.3, -0.25) is 0 Å². The molecule has 0 aromatic heterocycles. The zero-order valence-corrected chi connectivity index (χ0v) is 40.6. The highest BCUT2D eigenvalue weighted by atomic mass is 16.8. The zero-order valence-electron chi connectivity index (χ0n) is 40.6. The molecular weight excluding hydrogens is 1080 g/mol. The summed E-state index contributed by atoms with van der Waals surface area (Å²) >= 11 is 0. The fraction of sp³-hybridized carbons (Fsp3) is 1.00. The minimum Gasteiger partial charge on any atom is -0.394 e. The lowest BCUT2D eigenvalue weighted by molar-refractivity contribution is -0.443. The summed E-state index contributed by atoms with van der Waals surface area (Å²) in [5, 5.41) is 242. The fourth-order valence-corrected chi connectivity index (χ4v) is 10.5. The molecule has 15 unspecified atom stereocenters. The van der Waals surface area contributed by atoms with Crippen LogP contribution in [0.1, 0.15) is 0 Å². The summed E-state index contributed by atoms with van der Waals surface area (Å²) in [4.78, 5) is 0. The van der Waals surface area contributed by atoms with Crippen LogP contribution >= 0.6 is 0 Å². The number of rotatable bonds is 9. The van der Waals surface area contributed by atoms with E-state index in [2.05, 4.69) is 0 Å². The van der Waals surface area contributed by atoms with E-state index in [0.29, 0.717) is 0 Å². The Morgan fingerprint density at radius 2 is 0.513 bits per heavy atom. The van der Waals surface area contributed by atoms with E-state index >= 15 is 0 Å². The number of hydrogen-bond donors (Lipinski definition) is 22. The Morgan fingerprint density at radius 3 is 0.769 bits per heavy atom. The Bertz CT molecular complexity index is 1870. The first kappa shape index (κ1) is 62.6. The Morgan fingerprint density at radius 1 is 0.269 bits per heavy atom. The molecular formula is C42H70O36. The molecule has 78 heavy (non-hydrogen) atoms. The zero-order chi connectivity index (χ0) is 57.0. The lowest BCUT2D eigenvalue weighted by atomic mass is 9.93. The van der Waals surface area contributed by atoms with Crippen LogP contribution < -0.4 is 0 Å². The quantitative estimate of drug-likeness (QED) is 0.102. The lowest BCUT2D eigenvalue weighted by Gasteiger charge is -2.53. The average Bonchev–Trinajstić information content (AvgIpc) is 3.48. The van der Waals surface area contributed by atoms with Crippen molar-refractivity contribution in [1.29, 1.82) is 0 Å². The van der Waals surface area contributed by atoms with Gasteiger partial charge in [-0.25, -0.2) is 0 Å². The highest BCUT2D eigenvalue weighted by Gasteiger charge is 2.62. The van der Waals surface area contributed by atoms with Crippen molar-refractivity contribution in [3.05, 3.63) is 0 Å². The van der Waals surface area contributed by atoms with E-state index in [9.17, 15) is 112 Å². The van der Waals surface area contributed by atoms with Crippen LogP contribution in [0.25, 0.3) is 0 Å². The van der Waals surface area contributed by atoms with Crippen molar-refractivity contribution in [3.63, 3.8) is 0 Å². The Labute approximate surface area is 439 Å². The second-order valence-corrected chi connectivity index (χ2v) is 19.8. The van der Waals surface area contributed by atoms with Crippen molar-refractivity contribution in [2.75, 3.05) is 46.2 Å². The van der Waals surface area contributed by atoms with E-state index in [1.54, 1.807) is 0 Å². The molecule has 22 N–H and O–H groups in total. The van der Waals surface area contributed by atoms with Gasteiger partial charge in [-0.2, -0.15) is 0 Å². The van der Waals surface area contributed by atoms with E-state index in [1.165, 1.54) is 0 Å². The number of aliphatic hydroxyl groups is 22. The number of ether oxygens (including phenoxy) is 14. The van der Waals surface area contributed by atoms with Gasteiger partial charge in [-0.15, -0.1) is 0 Å². The highest BCUT2D eigenvalue weighted by molar-refractivity contribution is 5.03. The molecule has 36 heteroatoms. The standard InChI is InChI=1S/C42H70O36/c43-1-8-27-14(50)21(57)36(65-8)72-28-9(2-44)67-38(23(59)16(28)52)74-30-11(4-46)69-40(25(61)18(30)54)76-32-13(6-48)70-41(26(62)33(32)77-42(7-49)34(63)19(55)20(56)35(64)78-42)75-31-12(5-47)68-39(24(60)17(31)53)73-29-10(3-45)66-37(71-27)22(58)15(29)51/h8-41,43-64H,1-7H2/t8-,9-,10-,11-,12-,13-,14?,15?,16?,17?,18?,19-,20-,21?,22?,23?,24?,25?,26?,27-,28-,29-,30-,31-,32?,33?,34+,35?,36-,37-,38-,39-,40?,41-,42-/m1/s1. The van der Waals surface area contributed by atoms with Crippen LogP contribution in [0.2, 0.25) is 0 Å². The molecule has 0 amide bonds. The molecule has 0 aliphatic carbocycles. The van der Waals surface area contributed by atoms with Gasteiger partial charge in [-0.1, -0.05) is 0 Å². The van der Waals surface area contributed by atoms with Crippen LogP contribution in [0.3, 0.4) is 0 Å². The van der Waals surface area contributed by atoms with Crippen molar-refractivity contribution in [1.82, 2.24) is 0 Å². The normalized spacial score (nSPS) is 55.6. The first-order valence-corrected chi connectivity index (χ1v) is 24.7. The molecule has 0 radical (unpaired) electrons. The maximum absolute atomic E-state index is 12.1. The predicted molar refractivity (Wildman–Crippen MR) is 230 cm³/mol. The summed E-state index contributed by atoms with van der Waals surface area (Å²) in [6.45, 7) is -8.19. The van der Waals surface area contributed by atoms with Gasteiger partial charge in [0.1, 0.15) is 171 Å². The second kappa shape index (κ2) is 25.8. The maximum Gasteiger partial charge on any atom is 0.224 e. The smallest absolute Gasteiger partial charge is 0.224 e. The molecule has 36 nitrogen and oxygen atoms in total. The van der Waals surface area contributed by atoms with Crippen molar-refractivity contribution in [2.24, 2.45) is 0 Å². The first-order valence-electron chi connectivity index (χ1n) is 24.7. The van der Waals surface area contributed by atoms with Crippen LogP contribution in [0.5, 0.6) is 0 Å². The third kappa shape index (κ3) is 11.7. The van der Waals surface area contributed by atoms with Crippen molar-refractivity contribution in [3.8, 4) is 0 Å². The molecule has 23 aliphatic rings. The Kier molecular flexibility index (Phi) is 20.7. The first-order chi connectivity index (χ1) is 37.0. The van der Waals surface area contributed by atoms with Gasteiger partial charge in [0, 0.05) is 0 Å². The van der Waals surface area contributed by atoms with Crippen LogP contribution in [0.4, 0.5) is 0 Å². The third-order valence-corrected chi connectivity index (χ3v) is 14.9. The third-order valence-electron chi connectivity index (χ3n) is 14.9. The molecule has 23 aliphatic heterocycles.